The highest BCUT2D eigenvalue weighted by atomic mass is 32.2. The molecule has 0 aliphatic carbocycles. The van der Waals surface area contributed by atoms with Crippen molar-refractivity contribution in [2.24, 2.45) is 5.73 Å². The first-order valence-electron chi connectivity index (χ1n) is 6.02. The lowest BCUT2D eigenvalue weighted by Gasteiger charge is -2.12. The summed E-state index contributed by atoms with van der Waals surface area (Å²) >= 11 is 0. The summed E-state index contributed by atoms with van der Waals surface area (Å²) in [6, 6.07) is 13.6. The molecule has 0 aliphatic heterocycles. The Morgan fingerprint density at radius 3 is 2.40 bits per heavy atom. The van der Waals surface area contributed by atoms with Crippen molar-refractivity contribution in [3.8, 4) is 16.9 Å². The highest BCUT2D eigenvalue weighted by Crippen LogP contribution is 2.32. The van der Waals surface area contributed by atoms with Gasteiger partial charge >= 0.3 is 0 Å². The molecule has 0 bridgehead atoms. The lowest BCUT2D eigenvalue weighted by Crippen LogP contribution is -2.11. The van der Waals surface area contributed by atoms with Crippen LogP contribution in [0.2, 0.25) is 0 Å². The van der Waals surface area contributed by atoms with Crippen LogP contribution >= 0.6 is 0 Å². The van der Waals surface area contributed by atoms with E-state index >= 15 is 0 Å². The van der Waals surface area contributed by atoms with Gasteiger partial charge in [0.1, 0.15) is 12.4 Å². The standard InChI is InChI=1S/C14H15NO4S/c15-8-9-19-14-10-12(20(16,17)18)6-7-13(14)11-4-2-1-3-5-11/h1-7,10H,8-9,15H2,(H,16,17,18). The van der Waals surface area contributed by atoms with Gasteiger partial charge in [-0.2, -0.15) is 8.42 Å². The molecule has 0 radical (unpaired) electrons. The molecule has 0 saturated heterocycles. The second kappa shape index (κ2) is 6.04. The van der Waals surface area contributed by atoms with Crippen molar-refractivity contribution in [2.45, 2.75) is 4.90 Å². The monoisotopic (exact) mass is 293 g/mol. The Morgan fingerprint density at radius 2 is 1.80 bits per heavy atom. The zero-order valence-electron chi connectivity index (χ0n) is 10.7. The van der Waals surface area contributed by atoms with Crippen LogP contribution in [-0.2, 0) is 10.1 Å². The number of ether oxygens (including phenoxy) is 1. The maximum Gasteiger partial charge on any atom is 0.294 e. The predicted molar refractivity (Wildman–Crippen MR) is 76.2 cm³/mol. The first kappa shape index (κ1) is 14.5. The number of nitrogens with two attached hydrogens (primary N) is 1. The third-order valence-electron chi connectivity index (χ3n) is 2.71. The molecule has 0 amide bonds. The molecule has 5 nitrogen and oxygen atoms in total. The second-order valence-corrected chi connectivity index (χ2v) is 5.56. The topological polar surface area (TPSA) is 89.6 Å². The van der Waals surface area contributed by atoms with E-state index in [9.17, 15) is 8.42 Å². The zero-order valence-corrected chi connectivity index (χ0v) is 11.5. The average molecular weight is 293 g/mol. The summed E-state index contributed by atoms with van der Waals surface area (Å²) in [5, 5.41) is 0. The van der Waals surface area contributed by atoms with E-state index in [2.05, 4.69) is 0 Å². The summed E-state index contributed by atoms with van der Waals surface area (Å²) in [6.07, 6.45) is 0. The van der Waals surface area contributed by atoms with Gasteiger partial charge in [-0.05, 0) is 17.7 Å². The second-order valence-electron chi connectivity index (χ2n) is 4.14. The van der Waals surface area contributed by atoms with E-state index in [4.69, 9.17) is 15.0 Å². The van der Waals surface area contributed by atoms with Crippen molar-refractivity contribution in [3.63, 3.8) is 0 Å². The van der Waals surface area contributed by atoms with Crippen LogP contribution in [0.15, 0.2) is 53.4 Å². The Labute approximate surface area is 117 Å². The Bertz CT molecular complexity index is 684. The summed E-state index contributed by atoms with van der Waals surface area (Å²) in [5.41, 5.74) is 7.03. The molecule has 0 heterocycles. The van der Waals surface area contributed by atoms with E-state index in [0.717, 1.165) is 11.1 Å². The highest BCUT2D eigenvalue weighted by Gasteiger charge is 2.14. The number of rotatable bonds is 5. The maximum atomic E-state index is 11.2. The zero-order chi connectivity index (χ0) is 14.6. The van der Waals surface area contributed by atoms with Gasteiger partial charge < -0.3 is 10.5 Å². The average Bonchev–Trinajstić information content (AvgIpc) is 2.45. The summed E-state index contributed by atoms with van der Waals surface area (Å²) in [6.45, 7) is 0.569. The fraction of sp³-hybridized carbons (Fsp3) is 0.143. The summed E-state index contributed by atoms with van der Waals surface area (Å²) in [4.78, 5) is -0.204. The third kappa shape index (κ3) is 3.36. The molecule has 3 N–H and O–H groups in total. The van der Waals surface area contributed by atoms with Crippen molar-refractivity contribution in [1.82, 2.24) is 0 Å². The molecule has 106 valence electrons. The van der Waals surface area contributed by atoms with E-state index in [1.165, 1.54) is 12.1 Å². The molecular weight excluding hydrogens is 278 g/mol. The Kier molecular flexibility index (Phi) is 4.39. The molecule has 2 rings (SSSR count). The van der Waals surface area contributed by atoms with Crippen LogP contribution in [0.3, 0.4) is 0 Å². The minimum atomic E-state index is -4.26. The van der Waals surface area contributed by atoms with Crippen LogP contribution in [0, 0.1) is 0 Å². The molecule has 0 atom stereocenters. The first-order chi connectivity index (χ1) is 9.52. The van der Waals surface area contributed by atoms with Crippen LogP contribution in [0.25, 0.3) is 11.1 Å². The van der Waals surface area contributed by atoms with Gasteiger partial charge in [-0.15, -0.1) is 0 Å². The summed E-state index contributed by atoms with van der Waals surface area (Å²) in [5.74, 6) is 0.372. The van der Waals surface area contributed by atoms with Gasteiger partial charge in [-0.1, -0.05) is 30.3 Å². The smallest absolute Gasteiger partial charge is 0.294 e. The van der Waals surface area contributed by atoms with Crippen LogP contribution in [0.4, 0.5) is 0 Å². The molecule has 2 aromatic carbocycles. The van der Waals surface area contributed by atoms with Gasteiger partial charge in [-0.25, -0.2) is 0 Å². The van der Waals surface area contributed by atoms with E-state index in [1.807, 2.05) is 30.3 Å². The minimum Gasteiger partial charge on any atom is -0.492 e. The maximum absolute atomic E-state index is 11.2. The normalized spacial score (nSPS) is 11.3. The largest absolute Gasteiger partial charge is 0.492 e. The van der Waals surface area contributed by atoms with Gasteiger partial charge in [0.25, 0.3) is 10.1 Å². The van der Waals surface area contributed by atoms with E-state index in [1.54, 1.807) is 6.07 Å². The first-order valence-corrected chi connectivity index (χ1v) is 7.46. The van der Waals surface area contributed by atoms with Gasteiger partial charge in [0.2, 0.25) is 0 Å². The predicted octanol–water partition coefficient (Wildman–Crippen LogP) is 1.94. The quantitative estimate of drug-likeness (QED) is 0.822. The molecule has 0 fully saturated rings. The van der Waals surface area contributed by atoms with Crippen LogP contribution in [0.1, 0.15) is 0 Å². The fourth-order valence-electron chi connectivity index (χ4n) is 1.81. The molecule has 0 unspecified atom stereocenters. The van der Waals surface area contributed by atoms with Crippen molar-refractivity contribution in [3.05, 3.63) is 48.5 Å². The van der Waals surface area contributed by atoms with Crippen LogP contribution < -0.4 is 10.5 Å². The van der Waals surface area contributed by atoms with E-state index in [0.29, 0.717) is 12.3 Å². The van der Waals surface area contributed by atoms with Crippen molar-refractivity contribution >= 4 is 10.1 Å². The van der Waals surface area contributed by atoms with Gasteiger partial charge in [0.15, 0.2) is 0 Å². The molecule has 2 aromatic rings. The number of hydrogen-bond acceptors (Lipinski definition) is 4. The van der Waals surface area contributed by atoms with Gasteiger partial charge in [0.05, 0.1) is 4.90 Å². The molecule has 0 saturated carbocycles. The number of hydrogen-bond donors (Lipinski definition) is 2. The van der Waals surface area contributed by atoms with E-state index in [-0.39, 0.29) is 11.5 Å². The minimum absolute atomic E-state index is 0.204. The molecule has 0 aromatic heterocycles. The van der Waals surface area contributed by atoms with E-state index < -0.39 is 10.1 Å². The molecule has 20 heavy (non-hydrogen) atoms. The highest BCUT2D eigenvalue weighted by molar-refractivity contribution is 7.85. The fourth-order valence-corrected chi connectivity index (χ4v) is 2.30. The molecule has 0 aliphatic rings. The number of benzene rings is 2. The molecule has 6 heteroatoms. The summed E-state index contributed by atoms with van der Waals surface area (Å²) in [7, 11) is -4.26. The SMILES string of the molecule is NCCOc1cc(S(=O)(=O)O)ccc1-c1ccccc1. The van der Waals surface area contributed by atoms with Crippen molar-refractivity contribution < 1.29 is 17.7 Å². The van der Waals surface area contributed by atoms with Crippen LogP contribution in [-0.4, -0.2) is 26.1 Å². The van der Waals surface area contributed by atoms with Gasteiger partial charge in [-0.3, -0.25) is 4.55 Å². The van der Waals surface area contributed by atoms with Gasteiger partial charge in [0, 0.05) is 18.2 Å². The Morgan fingerprint density at radius 1 is 1.10 bits per heavy atom. The third-order valence-corrected chi connectivity index (χ3v) is 3.56. The van der Waals surface area contributed by atoms with Crippen molar-refractivity contribution in [1.29, 1.82) is 0 Å². The Hall–Kier alpha value is -1.89. The molecule has 0 spiro atoms. The van der Waals surface area contributed by atoms with Crippen LogP contribution in [0.5, 0.6) is 5.75 Å². The lowest BCUT2D eigenvalue weighted by molar-refractivity contribution is 0.328. The van der Waals surface area contributed by atoms with Crippen molar-refractivity contribution in [2.75, 3.05) is 13.2 Å². The Balaban J connectivity index is 2.51. The summed E-state index contributed by atoms with van der Waals surface area (Å²) < 4.78 is 36.9. The lowest BCUT2D eigenvalue weighted by atomic mass is 10.0. The molecular formula is C14H15NO4S.